The van der Waals surface area contributed by atoms with Crippen LogP contribution < -0.4 is 0 Å². The Morgan fingerprint density at radius 1 is 1.33 bits per heavy atom. The fourth-order valence-corrected chi connectivity index (χ4v) is 2.77. The molecule has 0 atom stereocenters. The molecule has 1 aromatic carbocycles. The van der Waals surface area contributed by atoms with Gasteiger partial charge in [-0.05, 0) is 35.3 Å². The molecule has 0 saturated carbocycles. The van der Waals surface area contributed by atoms with E-state index in [1.807, 2.05) is 0 Å². The second-order valence-corrected chi connectivity index (χ2v) is 5.29. The number of hydrogen-bond donors (Lipinski definition) is 0. The normalized spacial score (nSPS) is 16.3. The van der Waals surface area contributed by atoms with Crippen molar-refractivity contribution >= 4 is 46.6 Å². The minimum absolute atomic E-state index is 0.0171. The highest BCUT2D eigenvalue weighted by Gasteiger charge is 2.27. The first-order valence-electron chi connectivity index (χ1n) is 5.16. The average Bonchev–Trinajstić information content (AvgIpc) is 2.95. The van der Waals surface area contributed by atoms with Crippen LogP contribution in [0.3, 0.4) is 0 Å². The van der Waals surface area contributed by atoms with Crippen molar-refractivity contribution in [2.45, 2.75) is 6.42 Å². The third-order valence-corrected chi connectivity index (χ3v) is 4.16. The molecule has 1 aromatic heterocycles. The largest absolute Gasteiger partial charge is 0.289 e. The molecule has 3 nitrogen and oxygen atoms in total. The molecule has 0 amide bonds. The molecule has 90 valence electrons. The number of nitrogens with zero attached hydrogens (tertiary/aromatic N) is 2. The summed E-state index contributed by atoms with van der Waals surface area (Å²) >= 11 is 13.3. The summed E-state index contributed by atoms with van der Waals surface area (Å²) < 4.78 is 3.76. The molecule has 6 heteroatoms. The number of Topliss-reactive ketones (excluding diaryl/α,β-unsaturated/α-hetero) is 1. The van der Waals surface area contributed by atoms with E-state index in [1.165, 1.54) is 11.5 Å². The maximum Gasteiger partial charge on any atom is 0.189 e. The molecule has 0 radical (unpaired) electrons. The van der Waals surface area contributed by atoms with Crippen molar-refractivity contribution in [3.8, 4) is 0 Å². The van der Waals surface area contributed by atoms with E-state index in [4.69, 9.17) is 23.2 Å². The number of rotatable bonds is 1. The van der Waals surface area contributed by atoms with E-state index in [1.54, 1.807) is 23.6 Å². The summed E-state index contributed by atoms with van der Waals surface area (Å²) in [6, 6.07) is 3.36. The number of ketones is 1. The molecule has 0 saturated heterocycles. The molecule has 2 aromatic rings. The van der Waals surface area contributed by atoms with Gasteiger partial charge in [-0.15, -0.1) is 5.10 Å². The van der Waals surface area contributed by atoms with E-state index < -0.39 is 0 Å². The van der Waals surface area contributed by atoms with E-state index >= 15 is 0 Å². The molecular weight excluding hydrogens is 291 g/mol. The zero-order valence-electron chi connectivity index (χ0n) is 8.98. The number of carbonyl (C=O) groups excluding carboxylic acids is 1. The highest BCUT2D eigenvalue weighted by atomic mass is 35.5. The van der Waals surface area contributed by atoms with Gasteiger partial charge in [0.15, 0.2) is 5.78 Å². The van der Waals surface area contributed by atoms with Crippen LogP contribution in [0.15, 0.2) is 23.1 Å². The van der Waals surface area contributed by atoms with E-state index in [0.29, 0.717) is 33.3 Å². The Labute approximate surface area is 117 Å². The zero-order chi connectivity index (χ0) is 12.7. The third kappa shape index (κ3) is 1.86. The molecule has 1 aliphatic rings. The van der Waals surface area contributed by atoms with E-state index in [2.05, 4.69) is 9.59 Å². The topological polar surface area (TPSA) is 42.9 Å². The van der Waals surface area contributed by atoms with Gasteiger partial charge in [-0.2, -0.15) is 0 Å². The summed E-state index contributed by atoms with van der Waals surface area (Å²) in [5, 5.41) is 6.62. The third-order valence-electron chi connectivity index (χ3n) is 2.80. The van der Waals surface area contributed by atoms with Gasteiger partial charge in [0.1, 0.15) is 0 Å². The van der Waals surface area contributed by atoms with Gasteiger partial charge in [-0.3, -0.25) is 4.79 Å². The summed E-state index contributed by atoms with van der Waals surface area (Å²) in [4.78, 5) is 12.2. The number of fused-ring (bicyclic) bond motifs is 1. The van der Waals surface area contributed by atoms with Crippen LogP contribution in [0.5, 0.6) is 0 Å². The van der Waals surface area contributed by atoms with Crippen LogP contribution in [0.1, 0.15) is 21.6 Å². The maximum atomic E-state index is 12.2. The van der Waals surface area contributed by atoms with Gasteiger partial charge in [-0.1, -0.05) is 27.7 Å². The molecule has 0 unspecified atom stereocenters. The van der Waals surface area contributed by atoms with Crippen molar-refractivity contribution < 1.29 is 4.79 Å². The fourth-order valence-electron chi connectivity index (χ4n) is 1.95. The Kier molecular flexibility index (Phi) is 2.93. The molecule has 1 aliphatic carbocycles. The Bertz CT molecular complexity index is 665. The van der Waals surface area contributed by atoms with Gasteiger partial charge in [0.05, 0.1) is 15.7 Å². The van der Waals surface area contributed by atoms with Crippen molar-refractivity contribution in [2.75, 3.05) is 0 Å². The van der Waals surface area contributed by atoms with Crippen molar-refractivity contribution in [3.63, 3.8) is 0 Å². The standard InChI is InChI=1S/C12H6Cl2N2OS/c13-10-2-1-8-9(11(10)14)4-6(12(8)17)3-7-5-18-16-15-7/h1-3,5H,4H2/b6-3+. The maximum absolute atomic E-state index is 12.2. The Morgan fingerprint density at radius 2 is 2.17 bits per heavy atom. The highest BCUT2D eigenvalue weighted by Crippen LogP contribution is 2.36. The van der Waals surface area contributed by atoms with Gasteiger partial charge in [0, 0.05) is 22.9 Å². The number of aromatic nitrogens is 2. The second-order valence-electron chi connectivity index (χ2n) is 3.89. The van der Waals surface area contributed by atoms with Crippen molar-refractivity contribution in [2.24, 2.45) is 0 Å². The molecule has 3 rings (SSSR count). The lowest BCUT2D eigenvalue weighted by atomic mass is 10.1. The molecular formula is C12H6Cl2N2OS. The number of benzene rings is 1. The van der Waals surface area contributed by atoms with Crippen LogP contribution in [-0.2, 0) is 6.42 Å². The van der Waals surface area contributed by atoms with E-state index in [9.17, 15) is 4.79 Å². The van der Waals surface area contributed by atoms with Crippen molar-refractivity contribution in [3.05, 3.63) is 50.0 Å². The quantitative estimate of drug-likeness (QED) is 0.754. The SMILES string of the molecule is O=C1/C(=C/c2csnn2)Cc2c1ccc(Cl)c2Cl. The summed E-state index contributed by atoms with van der Waals surface area (Å²) in [5.41, 5.74) is 2.78. The first-order chi connectivity index (χ1) is 8.66. The van der Waals surface area contributed by atoms with Crippen LogP contribution in [0, 0.1) is 0 Å². The predicted octanol–water partition coefficient (Wildman–Crippen LogP) is 3.67. The molecule has 0 N–H and O–H groups in total. The average molecular weight is 297 g/mol. The summed E-state index contributed by atoms with van der Waals surface area (Å²) in [6.45, 7) is 0. The Morgan fingerprint density at radius 3 is 2.89 bits per heavy atom. The van der Waals surface area contributed by atoms with Gasteiger partial charge in [-0.25, -0.2) is 0 Å². The first kappa shape index (κ1) is 11.8. The molecule has 0 aliphatic heterocycles. The summed E-state index contributed by atoms with van der Waals surface area (Å²) in [5.74, 6) is -0.0171. The van der Waals surface area contributed by atoms with Crippen LogP contribution in [0.2, 0.25) is 10.0 Å². The minimum atomic E-state index is -0.0171. The smallest absolute Gasteiger partial charge is 0.189 e. The van der Waals surface area contributed by atoms with Crippen LogP contribution in [-0.4, -0.2) is 15.4 Å². The first-order valence-corrected chi connectivity index (χ1v) is 6.75. The van der Waals surface area contributed by atoms with E-state index in [0.717, 1.165) is 5.56 Å². The van der Waals surface area contributed by atoms with Crippen LogP contribution in [0.4, 0.5) is 0 Å². The fraction of sp³-hybridized carbons (Fsp3) is 0.0833. The van der Waals surface area contributed by atoms with Crippen molar-refractivity contribution in [1.82, 2.24) is 9.59 Å². The summed E-state index contributed by atoms with van der Waals surface area (Å²) in [6.07, 6.45) is 2.24. The number of halogens is 2. The molecule has 0 fully saturated rings. The second kappa shape index (κ2) is 4.46. The number of hydrogen-bond acceptors (Lipinski definition) is 4. The van der Waals surface area contributed by atoms with E-state index in [-0.39, 0.29) is 5.78 Å². The lowest BCUT2D eigenvalue weighted by Crippen LogP contribution is -1.95. The zero-order valence-corrected chi connectivity index (χ0v) is 11.3. The van der Waals surface area contributed by atoms with Gasteiger partial charge in [0.25, 0.3) is 0 Å². The van der Waals surface area contributed by atoms with Crippen LogP contribution >= 0.6 is 34.7 Å². The molecule has 0 spiro atoms. The lowest BCUT2D eigenvalue weighted by Gasteiger charge is -2.01. The van der Waals surface area contributed by atoms with Gasteiger partial charge in [0.2, 0.25) is 0 Å². The van der Waals surface area contributed by atoms with Gasteiger partial charge < -0.3 is 0 Å². The number of allylic oxidation sites excluding steroid dienone is 1. The molecule has 0 bridgehead atoms. The Balaban J connectivity index is 2.07. The summed E-state index contributed by atoms with van der Waals surface area (Å²) in [7, 11) is 0. The molecule has 1 heterocycles. The lowest BCUT2D eigenvalue weighted by molar-refractivity contribution is 0.104. The van der Waals surface area contributed by atoms with Crippen molar-refractivity contribution in [1.29, 1.82) is 0 Å². The minimum Gasteiger partial charge on any atom is -0.289 e. The monoisotopic (exact) mass is 296 g/mol. The number of carbonyl (C=O) groups is 1. The predicted molar refractivity (Wildman–Crippen MR) is 72.4 cm³/mol. The Hall–Kier alpha value is -1.23. The van der Waals surface area contributed by atoms with Crippen LogP contribution in [0.25, 0.3) is 6.08 Å². The highest BCUT2D eigenvalue weighted by molar-refractivity contribution is 7.03. The molecule has 18 heavy (non-hydrogen) atoms. The van der Waals surface area contributed by atoms with Gasteiger partial charge >= 0.3 is 0 Å².